The number of halogens is 1. The fraction of sp³-hybridized carbons (Fsp3) is 0. The van der Waals surface area contributed by atoms with Gasteiger partial charge in [-0.2, -0.15) is 0 Å². The van der Waals surface area contributed by atoms with Crippen LogP contribution in [0.5, 0.6) is 11.8 Å². The molecule has 0 saturated carbocycles. The zero-order valence-corrected chi connectivity index (χ0v) is 8.57. The van der Waals surface area contributed by atoms with Gasteiger partial charge in [-0.1, -0.05) is 0 Å². The maximum Gasteiger partial charge on any atom is 0.346 e. The second kappa shape index (κ2) is 4.23. The first-order valence-electron chi connectivity index (χ1n) is 4.12. The first-order valence-corrected chi connectivity index (χ1v) is 5.00. The molecule has 16 heavy (non-hydrogen) atoms. The molecular formula is C9H5FN2O3S. The molecule has 0 aliphatic rings. The lowest BCUT2D eigenvalue weighted by Gasteiger charge is -1.98. The van der Waals surface area contributed by atoms with Gasteiger partial charge >= 0.3 is 12.0 Å². The maximum absolute atomic E-state index is 12.5. The summed E-state index contributed by atoms with van der Waals surface area (Å²) in [4.78, 5) is 17.9. The molecular weight excluding hydrogens is 235 g/mol. The number of aromatic carboxylic acids is 1. The Morgan fingerprint density at radius 3 is 2.69 bits per heavy atom. The fourth-order valence-electron chi connectivity index (χ4n) is 0.943. The van der Waals surface area contributed by atoms with Crippen molar-refractivity contribution in [2.24, 2.45) is 0 Å². The van der Waals surface area contributed by atoms with Crippen LogP contribution < -0.4 is 4.74 Å². The molecule has 0 saturated heterocycles. The Hall–Kier alpha value is -2.02. The molecule has 0 atom stereocenters. The highest BCUT2D eigenvalue weighted by atomic mass is 32.1. The number of carbonyl (C=O) groups is 1. The standard InChI is InChI=1S/C9H5FN2O3S/c10-5-2-11-9(12-3-5)15-6-1-7(8(13)14)16-4-6/h1-4H,(H,13,14). The molecule has 2 heterocycles. The van der Waals surface area contributed by atoms with Crippen LogP contribution >= 0.6 is 11.3 Å². The Morgan fingerprint density at radius 1 is 1.44 bits per heavy atom. The van der Waals surface area contributed by atoms with Crippen LogP contribution in [-0.4, -0.2) is 21.0 Å². The summed E-state index contributed by atoms with van der Waals surface area (Å²) in [6.45, 7) is 0. The summed E-state index contributed by atoms with van der Waals surface area (Å²) in [6, 6.07) is 1.32. The number of ether oxygens (including phenoxy) is 1. The minimum Gasteiger partial charge on any atom is -0.477 e. The van der Waals surface area contributed by atoms with Crippen LogP contribution in [0.2, 0.25) is 0 Å². The molecule has 0 aromatic carbocycles. The van der Waals surface area contributed by atoms with Gasteiger partial charge in [0.2, 0.25) is 0 Å². The van der Waals surface area contributed by atoms with E-state index in [2.05, 4.69) is 9.97 Å². The Morgan fingerprint density at radius 2 is 2.12 bits per heavy atom. The number of carboxylic acids is 1. The van der Waals surface area contributed by atoms with E-state index >= 15 is 0 Å². The number of carboxylic acid groups (broad SMARTS) is 1. The fourth-order valence-corrected chi connectivity index (χ4v) is 1.59. The van der Waals surface area contributed by atoms with Crippen LogP contribution in [-0.2, 0) is 0 Å². The minimum atomic E-state index is -1.03. The minimum absolute atomic E-state index is 0.0314. The van der Waals surface area contributed by atoms with E-state index in [0.29, 0.717) is 5.75 Å². The van der Waals surface area contributed by atoms with Crippen LogP contribution in [0.3, 0.4) is 0 Å². The van der Waals surface area contributed by atoms with E-state index in [1.807, 2.05) is 0 Å². The van der Waals surface area contributed by atoms with Gasteiger partial charge in [0.05, 0.1) is 12.4 Å². The van der Waals surface area contributed by atoms with Gasteiger partial charge in [0.1, 0.15) is 10.6 Å². The first kappa shape index (κ1) is 10.5. The summed E-state index contributed by atoms with van der Waals surface area (Å²) in [5.74, 6) is -1.28. The third-order valence-corrected chi connectivity index (χ3v) is 2.49. The van der Waals surface area contributed by atoms with Gasteiger partial charge in [-0.3, -0.25) is 0 Å². The number of thiophene rings is 1. The SMILES string of the molecule is O=C(O)c1cc(Oc2ncc(F)cn2)cs1. The van der Waals surface area contributed by atoms with E-state index in [-0.39, 0.29) is 10.9 Å². The molecule has 82 valence electrons. The van der Waals surface area contributed by atoms with Crippen molar-refractivity contribution >= 4 is 17.3 Å². The molecule has 0 radical (unpaired) electrons. The smallest absolute Gasteiger partial charge is 0.346 e. The van der Waals surface area contributed by atoms with Crippen LogP contribution in [0.15, 0.2) is 23.8 Å². The number of hydrogen-bond acceptors (Lipinski definition) is 5. The van der Waals surface area contributed by atoms with E-state index in [9.17, 15) is 9.18 Å². The van der Waals surface area contributed by atoms with Crippen molar-refractivity contribution in [1.82, 2.24) is 9.97 Å². The molecule has 0 spiro atoms. The Bertz CT molecular complexity index is 512. The molecule has 0 fully saturated rings. The molecule has 7 heteroatoms. The lowest BCUT2D eigenvalue weighted by Crippen LogP contribution is -1.92. The van der Waals surface area contributed by atoms with Gasteiger partial charge in [-0.25, -0.2) is 19.2 Å². The normalized spacial score (nSPS) is 10.1. The number of hydrogen-bond donors (Lipinski definition) is 1. The second-order valence-corrected chi connectivity index (χ2v) is 3.65. The van der Waals surface area contributed by atoms with E-state index in [1.165, 1.54) is 11.4 Å². The highest BCUT2D eigenvalue weighted by Gasteiger charge is 2.09. The Balaban J connectivity index is 2.14. The van der Waals surface area contributed by atoms with E-state index in [4.69, 9.17) is 9.84 Å². The van der Waals surface area contributed by atoms with Gasteiger partial charge in [0.15, 0.2) is 5.82 Å². The van der Waals surface area contributed by atoms with Crippen molar-refractivity contribution in [3.05, 3.63) is 34.5 Å². The molecule has 0 aliphatic heterocycles. The number of nitrogens with zero attached hydrogens (tertiary/aromatic N) is 2. The van der Waals surface area contributed by atoms with Gasteiger partial charge in [-0.05, 0) is 0 Å². The van der Waals surface area contributed by atoms with Gasteiger partial charge in [-0.15, -0.1) is 11.3 Å². The van der Waals surface area contributed by atoms with Crippen molar-refractivity contribution in [2.75, 3.05) is 0 Å². The van der Waals surface area contributed by atoms with Crippen molar-refractivity contribution < 1.29 is 19.0 Å². The monoisotopic (exact) mass is 240 g/mol. The summed E-state index contributed by atoms with van der Waals surface area (Å²) in [5, 5.41) is 10.2. The molecule has 5 nitrogen and oxygen atoms in total. The van der Waals surface area contributed by atoms with Crippen molar-refractivity contribution in [3.63, 3.8) is 0 Å². The Kier molecular flexibility index (Phi) is 2.78. The summed E-state index contributed by atoms with van der Waals surface area (Å²) < 4.78 is 17.6. The Labute approximate surface area is 93.2 Å². The average Bonchev–Trinajstić information content (AvgIpc) is 2.70. The van der Waals surface area contributed by atoms with E-state index in [0.717, 1.165) is 23.7 Å². The zero-order chi connectivity index (χ0) is 11.5. The lowest BCUT2D eigenvalue weighted by molar-refractivity contribution is 0.0702. The largest absolute Gasteiger partial charge is 0.477 e. The third kappa shape index (κ3) is 2.31. The molecule has 0 bridgehead atoms. The van der Waals surface area contributed by atoms with Crippen molar-refractivity contribution in [3.8, 4) is 11.8 Å². The third-order valence-electron chi connectivity index (χ3n) is 1.59. The second-order valence-electron chi connectivity index (χ2n) is 2.74. The maximum atomic E-state index is 12.5. The van der Waals surface area contributed by atoms with E-state index in [1.54, 1.807) is 0 Å². The van der Waals surface area contributed by atoms with Gasteiger partial charge < -0.3 is 9.84 Å². The van der Waals surface area contributed by atoms with Crippen molar-refractivity contribution in [1.29, 1.82) is 0 Å². The van der Waals surface area contributed by atoms with E-state index < -0.39 is 11.8 Å². The summed E-state index contributed by atoms with van der Waals surface area (Å²) in [5.41, 5.74) is 0. The highest BCUT2D eigenvalue weighted by Crippen LogP contribution is 2.24. The molecule has 2 rings (SSSR count). The van der Waals surface area contributed by atoms with Crippen LogP contribution in [0.4, 0.5) is 4.39 Å². The average molecular weight is 240 g/mol. The number of aromatic nitrogens is 2. The topological polar surface area (TPSA) is 72.3 Å². The van der Waals surface area contributed by atoms with Crippen LogP contribution in [0.1, 0.15) is 9.67 Å². The van der Waals surface area contributed by atoms with Crippen LogP contribution in [0.25, 0.3) is 0 Å². The molecule has 0 aliphatic carbocycles. The molecule has 0 unspecified atom stereocenters. The number of rotatable bonds is 3. The molecule has 0 amide bonds. The molecule has 2 aromatic heterocycles. The van der Waals surface area contributed by atoms with Crippen LogP contribution in [0, 0.1) is 5.82 Å². The predicted molar refractivity (Wildman–Crippen MR) is 53.3 cm³/mol. The summed E-state index contributed by atoms with van der Waals surface area (Å²) in [7, 11) is 0. The lowest BCUT2D eigenvalue weighted by atomic mass is 10.4. The predicted octanol–water partition coefficient (Wildman–Crippen LogP) is 2.17. The zero-order valence-electron chi connectivity index (χ0n) is 7.75. The molecule has 2 aromatic rings. The van der Waals surface area contributed by atoms with Crippen molar-refractivity contribution in [2.45, 2.75) is 0 Å². The van der Waals surface area contributed by atoms with Gasteiger partial charge in [0.25, 0.3) is 0 Å². The quantitative estimate of drug-likeness (QED) is 0.890. The van der Waals surface area contributed by atoms with Gasteiger partial charge in [0, 0.05) is 11.4 Å². The highest BCUT2D eigenvalue weighted by molar-refractivity contribution is 7.12. The first-order chi connectivity index (χ1) is 7.65. The molecule has 1 N–H and O–H groups in total. The summed E-state index contributed by atoms with van der Waals surface area (Å²) in [6.07, 6.45) is 1.93. The summed E-state index contributed by atoms with van der Waals surface area (Å²) >= 11 is 1.03.